The Morgan fingerprint density at radius 2 is 1.49 bits per heavy atom. The first-order valence-electron chi connectivity index (χ1n) is 12.1. The average Bonchev–Trinajstić information content (AvgIpc) is 2.90. The quantitative estimate of drug-likeness (QED) is 0.456. The van der Waals surface area contributed by atoms with E-state index in [4.69, 9.17) is 29.3 Å². The van der Waals surface area contributed by atoms with E-state index in [1.165, 1.54) is 22.4 Å². The summed E-state index contributed by atoms with van der Waals surface area (Å²) in [7, 11) is 1.69. The molecule has 1 aliphatic heterocycles. The summed E-state index contributed by atoms with van der Waals surface area (Å²) >= 11 is 0. The summed E-state index contributed by atoms with van der Waals surface area (Å²) < 4.78 is 11.6. The van der Waals surface area contributed by atoms with E-state index < -0.39 is 11.9 Å². The Balaban J connectivity index is 0.000000568. The molecule has 4 rings (SSSR count). The predicted octanol–water partition coefficient (Wildman–Crippen LogP) is 4.37. The fraction of sp³-hybridized carbons (Fsp3) is 0.310. The smallest absolute Gasteiger partial charge is 0.414 e. The van der Waals surface area contributed by atoms with Crippen molar-refractivity contribution in [2.24, 2.45) is 0 Å². The molecule has 3 aromatic rings. The number of carbonyl (C=O) groups is 2. The molecule has 2 N–H and O–H groups in total. The molecule has 0 saturated carbocycles. The predicted molar refractivity (Wildman–Crippen MR) is 142 cm³/mol. The molecule has 0 bridgehead atoms. The molecule has 0 amide bonds. The topological polar surface area (TPSA) is 99.5 Å². The summed E-state index contributed by atoms with van der Waals surface area (Å²) in [6.07, 6.45) is 0. The molecule has 0 spiro atoms. The molecule has 0 aromatic heterocycles. The normalized spacial score (nSPS) is 13.3. The van der Waals surface area contributed by atoms with Crippen LogP contribution >= 0.6 is 0 Å². The lowest BCUT2D eigenvalue weighted by Crippen LogP contribution is -2.46. The van der Waals surface area contributed by atoms with Crippen molar-refractivity contribution in [3.05, 3.63) is 89.0 Å². The van der Waals surface area contributed by atoms with Crippen LogP contribution in [-0.2, 0) is 22.7 Å². The van der Waals surface area contributed by atoms with Gasteiger partial charge < -0.3 is 24.6 Å². The largest absolute Gasteiger partial charge is 0.493 e. The minimum atomic E-state index is -1.82. The first kappa shape index (κ1) is 27.5. The third-order valence-electron chi connectivity index (χ3n) is 6.34. The maximum absolute atomic E-state index is 9.10. The Kier molecular flexibility index (Phi) is 9.92. The summed E-state index contributed by atoms with van der Waals surface area (Å²) in [6.45, 7) is 10.1. The third kappa shape index (κ3) is 7.98. The van der Waals surface area contributed by atoms with Gasteiger partial charge in [0.05, 0.1) is 7.11 Å². The average molecular weight is 507 g/mol. The van der Waals surface area contributed by atoms with Gasteiger partial charge in [0.25, 0.3) is 0 Å². The number of hydrogen-bond donors (Lipinski definition) is 2. The summed E-state index contributed by atoms with van der Waals surface area (Å²) in [4.78, 5) is 23.2. The Morgan fingerprint density at radius 3 is 2.11 bits per heavy atom. The van der Waals surface area contributed by atoms with Crippen molar-refractivity contribution < 1.29 is 29.3 Å². The van der Waals surface area contributed by atoms with Gasteiger partial charge in [-0.1, -0.05) is 48.5 Å². The number of carboxylic acid groups (broad SMARTS) is 2. The second-order valence-electron chi connectivity index (χ2n) is 8.85. The van der Waals surface area contributed by atoms with Gasteiger partial charge >= 0.3 is 11.9 Å². The van der Waals surface area contributed by atoms with E-state index in [0.29, 0.717) is 6.61 Å². The maximum atomic E-state index is 9.10. The summed E-state index contributed by atoms with van der Waals surface area (Å²) in [5.74, 6) is -2.07. The molecule has 196 valence electrons. The number of hydrogen-bond acceptors (Lipinski definition) is 6. The molecule has 8 heteroatoms. The van der Waals surface area contributed by atoms with Gasteiger partial charge in [0.2, 0.25) is 0 Å². The number of methoxy groups -OCH3 is 1. The lowest BCUT2D eigenvalue weighted by Gasteiger charge is -2.37. The second-order valence-corrected chi connectivity index (χ2v) is 8.85. The highest BCUT2D eigenvalue weighted by molar-refractivity contribution is 6.27. The van der Waals surface area contributed by atoms with Crippen LogP contribution in [-0.4, -0.2) is 60.3 Å². The Labute approximate surface area is 217 Å². The molecule has 1 fully saturated rings. The van der Waals surface area contributed by atoms with E-state index in [1.807, 2.05) is 24.3 Å². The highest BCUT2D eigenvalue weighted by Gasteiger charge is 2.19. The zero-order valence-electron chi connectivity index (χ0n) is 21.5. The molecule has 1 aliphatic rings. The lowest BCUT2D eigenvalue weighted by molar-refractivity contribution is -0.159. The van der Waals surface area contributed by atoms with Crippen molar-refractivity contribution in [1.29, 1.82) is 0 Å². The van der Waals surface area contributed by atoms with Crippen LogP contribution < -0.4 is 14.4 Å². The molecule has 0 aliphatic carbocycles. The van der Waals surface area contributed by atoms with Crippen molar-refractivity contribution >= 4 is 17.6 Å². The van der Waals surface area contributed by atoms with Gasteiger partial charge in [-0.2, -0.15) is 0 Å². The first-order valence-corrected chi connectivity index (χ1v) is 12.1. The molecule has 0 radical (unpaired) electrons. The number of carboxylic acids is 2. The zero-order valence-corrected chi connectivity index (χ0v) is 21.5. The van der Waals surface area contributed by atoms with Crippen LogP contribution in [0.15, 0.2) is 66.7 Å². The Morgan fingerprint density at radius 1 is 0.811 bits per heavy atom. The number of aliphatic carboxylic acids is 2. The van der Waals surface area contributed by atoms with Crippen LogP contribution in [0.1, 0.15) is 22.3 Å². The van der Waals surface area contributed by atoms with Crippen LogP contribution in [0, 0.1) is 13.8 Å². The summed E-state index contributed by atoms with van der Waals surface area (Å²) in [5, 5.41) is 14.8. The lowest BCUT2D eigenvalue weighted by atomic mass is 10.1. The van der Waals surface area contributed by atoms with Gasteiger partial charge in [-0.05, 0) is 54.3 Å². The molecule has 8 nitrogen and oxygen atoms in total. The number of anilines is 1. The molecule has 37 heavy (non-hydrogen) atoms. The van der Waals surface area contributed by atoms with Crippen molar-refractivity contribution in [1.82, 2.24) is 4.90 Å². The molecule has 1 heterocycles. The van der Waals surface area contributed by atoms with Crippen LogP contribution in [0.4, 0.5) is 5.69 Å². The molecule has 0 atom stereocenters. The monoisotopic (exact) mass is 506 g/mol. The van der Waals surface area contributed by atoms with Crippen molar-refractivity contribution in [3.8, 4) is 11.5 Å². The fourth-order valence-corrected chi connectivity index (χ4v) is 4.15. The molecular weight excluding hydrogens is 472 g/mol. The SMILES string of the molecule is COc1ccc(CN2CCN(c3cccc(C)c3C)CC2)cc1OCc1ccccc1.O=C(O)C(=O)O. The second kappa shape index (κ2) is 13.3. The molecular formula is C29H34N2O6. The van der Waals surface area contributed by atoms with Crippen LogP contribution in [0.2, 0.25) is 0 Å². The fourth-order valence-electron chi connectivity index (χ4n) is 4.15. The number of rotatable bonds is 7. The third-order valence-corrected chi connectivity index (χ3v) is 6.34. The highest BCUT2D eigenvalue weighted by atomic mass is 16.5. The van der Waals surface area contributed by atoms with Gasteiger partial charge in [0.1, 0.15) is 6.61 Å². The van der Waals surface area contributed by atoms with Gasteiger partial charge in [-0.15, -0.1) is 0 Å². The van der Waals surface area contributed by atoms with Crippen molar-refractivity contribution in [2.45, 2.75) is 27.0 Å². The summed E-state index contributed by atoms with van der Waals surface area (Å²) in [6, 6.07) is 23.1. The van der Waals surface area contributed by atoms with E-state index in [-0.39, 0.29) is 0 Å². The van der Waals surface area contributed by atoms with Crippen molar-refractivity contribution in [2.75, 3.05) is 38.2 Å². The van der Waals surface area contributed by atoms with Crippen LogP contribution in [0.5, 0.6) is 11.5 Å². The van der Waals surface area contributed by atoms with Crippen LogP contribution in [0.3, 0.4) is 0 Å². The molecule has 0 unspecified atom stereocenters. The summed E-state index contributed by atoms with van der Waals surface area (Å²) in [5.41, 5.74) is 6.54. The minimum absolute atomic E-state index is 0.537. The number of aryl methyl sites for hydroxylation is 1. The number of benzene rings is 3. The number of nitrogens with zero attached hydrogens (tertiary/aromatic N) is 2. The van der Waals surface area contributed by atoms with E-state index in [2.05, 4.69) is 66.1 Å². The zero-order chi connectivity index (χ0) is 26.8. The Bertz CT molecular complexity index is 1180. The number of ether oxygens (including phenoxy) is 2. The van der Waals surface area contributed by atoms with E-state index in [0.717, 1.165) is 49.8 Å². The van der Waals surface area contributed by atoms with E-state index in [1.54, 1.807) is 7.11 Å². The molecule has 3 aromatic carbocycles. The first-order chi connectivity index (χ1) is 17.8. The maximum Gasteiger partial charge on any atom is 0.414 e. The standard InChI is InChI=1S/C27H32N2O2.C2H2O4/c1-21-8-7-11-25(22(21)2)29-16-14-28(15-17-29)19-24-12-13-26(30-3)27(18-24)31-20-23-9-5-4-6-10-23;3-1(4)2(5)6/h4-13,18H,14-17,19-20H2,1-3H3;(H,3,4)(H,5,6). The van der Waals surface area contributed by atoms with E-state index >= 15 is 0 Å². The van der Waals surface area contributed by atoms with E-state index in [9.17, 15) is 0 Å². The highest BCUT2D eigenvalue weighted by Crippen LogP contribution is 2.30. The van der Waals surface area contributed by atoms with Gasteiger partial charge in [0, 0.05) is 38.4 Å². The van der Waals surface area contributed by atoms with Gasteiger partial charge in [-0.25, -0.2) is 9.59 Å². The van der Waals surface area contributed by atoms with Crippen molar-refractivity contribution in [3.63, 3.8) is 0 Å². The van der Waals surface area contributed by atoms with Gasteiger partial charge in [0.15, 0.2) is 11.5 Å². The van der Waals surface area contributed by atoms with Gasteiger partial charge in [-0.3, -0.25) is 4.90 Å². The minimum Gasteiger partial charge on any atom is -0.493 e. The molecule has 1 saturated heterocycles. The number of piperazine rings is 1. The van der Waals surface area contributed by atoms with Crippen LogP contribution in [0.25, 0.3) is 0 Å². The Hall–Kier alpha value is -4.04.